The van der Waals surface area contributed by atoms with Gasteiger partial charge in [0.25, 0.3) is 0 Å². The lowest BCUT2D eigenvalue weighted by Crippen LogP contribution is -2.30. The Morgan fingerprint density at radius 1 is 0.923 bits per heavy atom. The number of benzene rings is 2. The first kappa shape index (κ1) is 19.1. The number of hydrogen-bond acceptors (Lipinski definition) is 5. The molecule has 7 heteroatoms. The first-order valence-electron chi connectivity index (χ1n) is 8.01. The van der Waals surface area contributed by atoms with Gasteiger partial charge < -0.3 is 24.8 Å². The molecule has 0 saturated heterocycles. The minimum atomic E-state index is -0.420. The Balaban J connectivity index is 1.82. The molecule has 0 aliphatic heterocycles. The molecule has 2 N–H and O–H groups in total. The lowest BCUT2D eigenvalue weighted by Gasteiger charge is -2.11. The van der Waals surface area contributed by atoms with Gasteiger partial charge in [0.2, 0.25) is 0 Å². The second-order valence-corrected chi connectivity index (χ2v) is 5.39. The van der Waals surface area contributed by atoms with E-state index in [0.29, 0.717) is 35.7 Å². The number of amides is 2. The van der Waals surface area contributed by atoms with Gasteiger partial charge >= 0.3 is 12.0 Å². The van der Waals surface area contributed by atoms with E-state index in [1.54, 1.807) is 38.5 Å². The van der Waals surface area contributed by atoms with E-state index in [4.69, 9.17) is 9.47 Å². The van der Waals surface area contributed by atoms with Gasteiger partial charge in [-0.15, -0.1) is 0 Å². The number of anilines is 1. The number of hydrogen-bond donors (Lipinski definition) is 2. The minimum absolute atomic E-state index is 0.323. The maximum atomic E-state index is 11.9. The van der Waals surface area contributed by atoms with Crippen molar-refractivity contribution in [2.24, 2.45) is 0 Å². The summed E-state index contributed by atoms with van der Waals surface area (Å²) < 4.78 is 15.1. The van der Waals surface area contributed by atoms with Gasteiger partial charge in [-0.2, -0.15) is 0 Å². The van der Waals surface area contributed by atoms with Gasteiger partial charge in [0.15, 0.2) is 11.5 Å². The monoisotopic (exact) mass is 358 g/mol. The van der Waals surface area contributed by atoms with Crippen LogP contribution in [0.5, 0.6) is 11.5 Å². The Bertz CT molecular complexity index is 759. The number of ether oxygens (including phenoxy) is 3. The van der Waals surface area contributed by atoms with Gasteiger partial charge in [-0.05, 0) is 48.4 Å². The lowest BCUT2D eigenvalue weighted by atomic mass is 10.1. The second-order valence-electron chi connectivity index (χ2n) is 5.39. The Morgan fingerprint density at radius 2 is 1.62 bits per heavy atom. The predicted molar refractivity (Wildman–Crippen MR) is 98.1 cm³/mol. The summed E-state index contributed by atoms with van der Waals surface area (Å²) >= 11 is 0. The SMILES string of the molecule is COC(=O)c1ccc(NC(=O)NCCc2ccc(OC)c(OC)c2)cc1. The fraction of sp³-hybridized carbons (Fsp3) is 0.263. The van der Waals surface area contributed by atoms with Crippen LogP contribution in [0.3, 0.4) is 0 Å². The zero-order chi connectivity index (χ0) is 18.9. The van der Waals surface area contributed by atoms with Crippen LogP contribution in [0.4, 0.5) is 10.5 Å². The fourth-order valence-electron chi connectivity index (χ4n) is 2.34. The average molecular weight is 358 g/mol. The van der Waals surface area contributed by atoms with Crippen LogP contribution in [0.2, 0.25) is 0 Å². The number of methoxy groups -OCH3 is 3. The van der Waals surface area contributed by atoms with E-state index in [-0.39, 0.29) is 6.03 Å². The van der Waals surface area contributed by atoms with Crippen LogP contribution in [-0.2, 0) is 11.2 Å². The molecular formula is C19H22N2O5. The maximum absolute atomic E-state index is 11.9. The molecule has 2 aromatic carbocycles. The molecule has 0 saturated carbocycles. The van der Waals surface area contributed by atoms with Crippen LogP contribution in [0.15, 0.2) is 42.5 Å². The number of urea groups is 1. The molecule has 0 fully saturated rings. The van der Waals surface area contributed by atoms with Crippen molar-refractivity contribution in [3.8, 4) is 11.5 Å². The number of rotatable bonds is 7. The topological polar surface area (TPSA) is 85.9 Å². The third-order valence-corrected chi connectivity index (χ3v) is 3.71. The van der Waals surface area contributed by atoms with E-state index in [9.17, 15) is 9.59 Å². The molecule has 0 aliphatic carbocycles. The molecule has 0 radical (unpaired) electrons. The fourth-order valence-corrected chi connectivity index (χ4v) is 2.34. The molecule has 0 aromatic heterocycles. The predicted octanol–water partition coefficient (Wildman–Crippen LogP) is 2.85. The molecule has 0 spiro atoms. The summed E-state index contributed by atoms with van der Waals surface area (Å²) in [6, 6.07) is 11.8. The standard InChI is InChI=1S/C19H22N2O5/c1-24-16-9-4-13(12-17(16)25-2)10-11-20-19(23)21-15-7-5-14(6-8-15)18(22)26-3/h4-9,12H,10-11H2,1-3H3,(H2,20,21,23). The normalized spacial score (nSPS) is 9.96. The number of esters is 1. The molecule has 0 heterocycles. The molecule has 2 aromatic rings. The van der Waals surface area contributed by atoms with Crippen molar-refractivity contribution in [1.82, 2.24) is 5.32 Å². The van der Waals surface area contributed by atoms with E-state index in [0.717, 1.165) is 5.56 Å². The minimum Gasteiger partial charge on any atom is -0.493 e. The molecule has 0 aliphatic rings. The van der Waals surface area contributed by atoms with Gasteiger partial charge in [0, 0.05) is 12.2 Å². The summed E-state index contributed by atoms with van der Waals surface area (Å²) in [5, 5.41) is 5.49. The van der Waals surface area contributed by atoms with E-state index in [1.165, 1.54) is 7.11 Å². The Morgan fingerprint density at radius 3 is 2.23 bits per heavy atom. The lowest BCUT2D eigenvalue weighted by molar-refractivity contribution is 0.0600. The van der Waals surface area contributed by atoms with E-state index in [1.807, 2.05) is 18.2 Å². The Kier molecular flexibility index (Phi) is 6.84. The molecule has 2 rings (SSSR count). The smallest absolute Gasteiger partial charge is 0.337 e. The van der Waals surface area contributed by atoms with Gasteiger partial charge in [-0.3, -0.25) is 0 Å². The van der Waals surface area contributed by atoms with Crippen molar-refractivity contribution in [1.29, 1.82) is 0 Å². The molecule has 138 valence electrons. The highest BCUT2D eigenvalue weighted by Crippen LogP contribution is 2.27. The van der Waals surface area contributed by atoms with Crippen molar-refractivity contribution in [3.05, 3.63) is 53.6 Å². The molecule has 2 amide bonds. The summed E-state index contributed by atoms with van der Waals surface area (Å²) in [7, 11) is 4.49. The van der Waals surface area contributed by atoms with Crippen LogP contribution in [-0.4, -0.2) is 39.9 Å². The van der Waals surface area contributed by atoms with Crippen molar-refractivity contribution in [2.75, 3.05) is 33.2 Å². The largest absolute Gasteiger partial charge is 0.493 e. The summed E-state index contributed by atoms with van der Waals surface area (Å²) in [4.78, 5) is 23.3. The zero-order valence-electron chi connectivity index (χ0n) is 15.0. The van der Waals surface area contributed by atoms with Crippen molar-refractivity contribution < 1.29 is 23.8 Å². The summed E-state index contributed by atoms with van der Waals surface area (Å²) in [6.45, 7) is 0.460. The molecule has 26 heavy (non-hydrogen) atoms. The molecule has 0 unspecified atom stereocenters. The third-order valence-electron chi connectivity index (χ3n) is 3.71. The highest BCUT2D eigenvalue weighted by molar-refractivity contribution is 5.92. The first-order chi connectivity index (χ1) is 12.6. The van der Waals surface area contributed by atoms with E-state index in [2.05, 4.69) is 15.4 Å². The van der Waals surface area contributed by atoms with Crippen LogP contribution >= 0.6 is 0 Å². The van der Waals surface area contributed by atoms with Crippen LogP contribution in [0.25, 0.3) is 0 Å². The van der Waals surface area contributed by atoms with Crippen LogP contribution < -0.4 is 20.1 Å². The summed E-state index contributed by atoms with van der Waals surface area (Å²) in [6.07, 6.45) is 0.648. The van der Waals surface area contributed by atoms with Crippen LogP contribution in [0, 0.1) is 0 Å². The van der Waals surface area contributed by atoms with Gasteiger partial charge in [0.1, 0.15) is 0 Å². The molecular weight excluding hydrogens is 336 g/mol. The van der Waals surface area contributed by atoms with Crippen molar-refractivity contribution >= 4 is 17.7 Å². The van der Waals surface area contributed by atoms with Crippen molar-refractivity contribution in [2.45, 2.75) is 6.42 Å². The average Bonchev–Trinajstić information content (AvgIpc) is 2.67. The zero-order valence-corrected chi connectivity index (χ0v) is 15.0. The molecule has 7 nitrogen and oxygen atoms in total. The first-order valence-corrected chi connectivity index (χ1v) is 8.01. The molecule has 0 bridgehead atoms. The third kappa shape index (κ3) is 5.14. The quantitative estimate of drug-likeness (QED) is 0.744. The van der Waals surface area contributed by atoms with Crippen LogP contribution in [0.1, 0.15) is 15.9 Å². The Labute approximate surface area is 152 Å². The second kappa shape index (κ2) is 9.31. The molecule has 0 atom stereocenters. The van der Waals surface area contributed by atoms with E-state index >= 15 is 0 Å². The van der Waals surface area contributed by atoms with Gasteiger partial charge in [-0.1, -0.05) is 6.07 Å². The number of nitrogens with one attached hydrogen (secondary N) is 2. The Hall–Kier alpha value is -3.22. The van der Waals surface area contributed by atoms with Crippen molar-refractivity contribution in [3.63, 3.8) is 0 Å². The number of carbonyl (C=O) groups is 2. The summed E-state index contributed by atoms with van der Waals surface area (Å²) in [5.41, 5.74) is 2.03. The highest BCUT2D eigenvalue weighted by Gasteiger charge is 2.07. The maximum Gasteiger partial charge on any atom is 0.337 e. The van der Waals surface area contributed by atoms with Gasteiger partial charge in [0.05, 0.1) is 26.9 Å². The van der Waals surface area contributed by atoms with Gasteiger partial charge in [-0.25, -0.2) is 9.59 Å². The highest BCUT2D eigenvalue weighted by atomic mass is 16.5. The van der Waals surface area contributed by atoms with E-state index < -0.39 is 5.97 Å². The summed E-state index contributed by atoms with van der Waals surface area (Å²) in [5.74, 6) is 0.897. The number of carbonyl (C=O) groups excluding carboxylic acids is 2.